The first-order valence-electron chi connectivity index (χ1n) is 4.71. The molecule has 2 rings (SSSR count). The Hall–Kier alpha value is -0.860. The number of hydrogen-bond donors (Lipinski definition) is 1. The highest BCUT2D eigenvalue weighted by Crippen LogP contribution is 2.26. The Bertz CT molecular complexity index is 250. The molecule has 2 heteroatoms. The van der Waals surface area contributed by atoms with Crippen molar-refractivity contribution in [1.82, 2.24) is 0 Å². The maximum Gasteiger partial charge on any atom is 0.154 e. The van der Waals surface area contributed by atoms with E-state index in [0.29, 0.717) is 12.5 Å². The lowest BCUT2D eigenvalue weighted by atomic mass is 9.93. The molecule has 0 bridgehead atoms. The van der Waals surface area contributed by atoms with Gasteiger partial charge in [0.05, 0.1) is 6.61 Å². The van der Waals surface area contributed by atoms with Gasteiger partial charge in [-0.15, -0.1) is 0 Å². The summed E-state index contributed by atoms with van der Waals surface area (Å²) in [6.45, 7) is 0.644. The van der Waals surface area contributed by atoms with Crippen LogP contribution in [-0.4, -0.2) is 18.0 Å². The van der Waals surface area contributed by atoms with Crippen LogP contribution in [0.4, 0.5) is 0 Å². The Morgan fingerprint density at radius 1 is 1.15 bits per heavy atom. The van der Waals surface area contributed by atoms with E-state index < -0.39 is 6.29 Å². The number of benzene rings is 1. The second kappa shape index (κ2) is 3.90. The third kappa shape index (κ3) is 2.08. The molecule has 1 aliphatic heterocycles. The Morgan fingerprint density at radius 2 is 1.92 bits per heavy atom. The first kappa shape index (κ1) is 8.73. The van der Waals surface area contributed by atoms with Gasteiger partial charge in [-0.1, -0.05) is 30.3 Å². The van der Waals surface area contributed by atoms with Crippen LogP contribution in [0.25, 0.3) is 0 Å². The van der Waals surface area contributed by atoms with E-state index in [9.17, 15) is 0 Å². The molecule has 13 heavy (non-hydrogen) atoms. The largest absolute Gasteiger partial charge is 0.368 e. The molecule has 2 atom stereocenters. The van der Waals surface area contributed by atoms with E-state index in [-0.39, 0.29) is 0 Å². The summed E-state index contributed by atoms with van der Waals surface area (Å²) in [6, 6.07) is 10.3. The van der Waals surface area contributed by atoms with Gasteiger partial charge in [0, 0.05) is 5.92 Å². The molecular formula is C11H14O2. The van der Waals surface area contributed by atoms with Gasteiger partial charge < -0.3 is 9.84 Å². The van der Waals surface area contributed by atoms with Crippen molar-refractivity contribution in [3.05, 3.63) is 35.9 Å². The molecule has 0 spiro atoms. The van der Waals surface area contributed by atoms with Crippen molar-refractivity contribution in [3.8, 4) is 0 Å². The lowest BCUT2D eigenvalue weighted by molar-refractivity contribution is -0.129. The Morgan fingerprint density at radius 3 is 2.54 bits per heavy atom. The zero-order valence-corrected chi connectivity index (χ0v) is 7.52. The van der Waals surface area contributed by atoms with Crippen molar-refractivity contribution >= 4 is 0 Å². The number of ether oxygens (including phenoxy) is 1. The van der Waals surface area contributed by atoms with Crippen LogP contribution >= 0.6 is 0 Å². The predicted molar refractivity (Wildman–Crippen MR) is 50.4 cm³/mol. The topological polar surface area (TPSA) is 29.5 Å². The minimum Gasteiger partial charge on any atom is -0.368 e. The normalized spacial score (nSPS) is 28.7. The van der Waals surface area contributed by atoms with E-state index in [2.05, 4.69) is 12.1 Å². The van der Waals surface area contributed by atoms with Crippen molar-refractivity contribution in [2.75, 3.05) is 6.61 Å². The van der Waals surface area contributed by atoms with Gasteiger partial charge in [0.15, 0.2) is 6.29 Å². The van der Waals surface area contributed by atoms with Gasteiger partial charge in [-0.05, 0) is 18.4 Å². The molecule has 1 aromatic carbocycles. The van der Waals surface area contributed by atoms with E-state index in [0.717, 1.165) is 12.8 Å². The molecule has 1 saturated heterocycles. The van der Waals surface area contributed by atoms with Crippen LogP contribution in [0.5, 0.6) is 0 Å². The van der Waals surface area contributed by atoms with E-state index in [1.54, 1.807) is 0 Å². The highest BCUT2D eigenvalue weighted by Gasteiger charge is 2.20. The molecule has 1 N–H and O–H groups in total. The minimum absolute atomic E-state index is 0.463. The first-order valence-corrected chi connectivity index (χ1v) is 4.71. The zero-order valence-electron chi connectivity index (χ0n) is 7.52. The van der Waals surface area contributed by atoms with Crippen LogP contribution in [0.2, 0.25) is 0 Å². The molecule has 1 fully saturated rings. The van der Waals surface area contributed by atoms with Gasteiger partial charge in [0.2, 0.25) is 0 Å². The molecule has 0 aliphatic carbocycles. The molecular weight excluding hydrogens is 164 g/mol. The number of rotatable bonds is 1. The summed E-state index contributed by atoms with van der Waals surface area (Å²) in [5, 5.41) is 9.15. The number of aliphatic hydroxyl groups excluding tert-OH is 1. The van der Waals surface area contributed by atoms with Crippen molar-refractivity contribution in [2.24, 2.45) is 0 Å². The molecule has 2 nitrogen and oxygen atoms in total. The van der Waals surface area contributed by atoms with Crippen LogP contribution < -0.4 is 0 Å². The maximum absolute atomic E-state index is 9.15. The first-order chi connectivity index (χ1) is 6.36. The summed E-state index contributed by atoms with van der Waals surface area (Å²) in [7, 11) is 0. The van der Waals surface area contributed by atoms with Crippen molar-refractivity contribution in [2.45, 2.75) is 25.0 Å². The molecule has 0 aromatic heterocycles. The Kier molecular flexibility index (Phi) is 2.62. The van der Waals surface area contributed by atoms with Crippen LogP contribution in [0.15, 0.2) is 30.3 Å². The Labute approximate surface area is 78.2 Å². The zero-order chi connectivity index (χ0) is 9.10. The summed E-state index contributed by atoms with van der Waals surface area (Å²) >= 11 is 0. The third-order valence-corrected chi connectivity index (χ3v) is 2.52. The molecule has 1 heterocycles. The average Bonchev–Trinajstić information content (AvgIpc) is 2.20. The van der Waals surface area contributed by atoms with Crippen molar-refractivity contribution in [1.29, 1.82) is 0 Å². The van der Waals surface area contributed by atoms with Crippen molar-refractivity contribution in [3.63, 3.8) is 0 Å². The van der Waals surface area contributed by atoms with Crippen molar-refractivity contribution < 1.29 is 9.84 Å². The summed E-state index contributed by atoms with van der Waals surface area (Å²) in [5.41, 5.74) is 1.31. The molecule has 0 amide bonds. The van der Waals surface area contributed by atoms with Gasteiger partial charge in [0.25, 0.3) is 0 Å². The summed E-state index contributed by atoms with van der Waals surface area (Å²) in [4.78, 5) is 0. The number of aliphatic hydroxyl groups is 1. The summed E-state index contributed by atoms with van der Waals surface area (Å²) in [5.74, 6) is 0.463. The van der Waals surface area contributed by atoms with Crippen LogP contribution in [-0.2, 0) is 4.74 Å². The fraction of sp³-hybridized carbons (Fsp3) is 0.455. The number of hydrogen-bond acceptors (Lipinski definition) is 2. The SMILES string of the molecule is OC1CCC(c2ccccc2)CO1. The average molecular weight is 178 g/mol. The lowest BCUT2D eigenvalue weighted by Gasteiger charge is -2.25. The molecule has 0 radical (unpaired) electrons. The molecule has 2 unspecified atom stereocenters. The van der Waals surface area contributed by atoms with E-state index in [1.807, 2.05) is 18.2 Å². The highest BCUT2D eigenvalue weighted by atomic mass is 16.6. The van der Waals surface area contributed by atoms with Crippen LogP contribution in [0.1, 0.15) is 24.3 Å². The van der Waals surface area contributed by atoms with Crippen LogP contribution in [0, 0.1) is 0 Å². The fourth-order valence-corrected chi connectivity index (χ4v) is 1.73. The predicted octanol–water partition coefficient (Wildman–Crippen LogP) is 1.90. The van der Waals surface area contributed by atoms with Gasteiger partial charge in [-0.3, -0.25) is 0 Å². The molecule has 0 saturated carbocycles. The lowest BCUT2D eigenvalue weighted by Crippen LogP contribution is -2.24. The molecule has 70 valence electrons. The smallest absolute Gasteiger partial charge is 0.154 e. The van der Waals surface area contributed by atoms with E-state index in [4.69, 9.17) is 9.84 Å². The highest BCUT2D eigenvalue weighted by molar-refractivity contribution is 5.19. The third-order valence-electron chi connectivity index (χ3n) is 2.52. The molecule has 1 aromatic rings. The van der Waals surface area contributed by atoms with E-state index in [1.165, 1.54) is 5.56 Å². The van der Waals surface area contributed by atoms with E-state index >= 15 is 0 Å². The van der Waals surface area contributed by atoms with Crippen LogP contribution in [0.3, 0.4) is 0 Å². The molecule has 1 aliphatic rings. The maximum atomic E-state index is 9.15. The minimum atomic E-state index is -0.542. The fourth-order valence-electron chi connectivity index (χ4n) is 1.73. The monoisotopic (exact) mass is 178 g/mol. The summed E-state index contributed by atoms with van der Waals surface area (Å²) in [6.07, 6.45) is 1.23. The van der Waals surface area contributed by atoms with Gasteiger partial charge >= 0.3 is 0 Å². The Balaban J connectivity index is 2.03. The standard InChI is InChI=1S/C11H14O2/c12-11-7-6-10(8-13-11)9-4-2-1-3-5-9/h1-5,10-12H,6-8H2. The second-order valence-corrected chi connectivity index (χ2v) is 3.47. The van der Waals surface area contributed by atoms with Gasteiger partial charge in [-0.25, -0.2) is 0 Å². The van der Waals surface area contributed by atoms with Gasteiger partial charge in [0.1, 0.15) is 0 Å². The quantitative estimate of drug-likeness (QED) is 0.711. The van der Waals surface area contributed by atoms with Gasteiger partial charge in [-0.2, -0.15) is 0 Å². The second-order valence-electron chi connectivity index (χ2n) is 3.47. The summed E-state index contributed by atoms with van der Waals surface area (Å²) < 4.78 is 5.20.